The van der Waals surface area contributed by atoms with E-state index in [1.807, 2.05) is 36.4 Å². The molecule has 4 heteroatoms. The van der Waals surface area contributed by atoms with E-state index >= 15 is 0 Å². The third kappa shape index (κ3) is 2.54. The monoisotopic (exact) mass is 304 g/mol. The van der Waals surface area contributed by atoms with Crippen LogP contribution < -0.4 is 10.5 Å². The number of nitrogens with one attached hydrogen (secondary N) is 1. The topological polar surface area (TPSA) is 59.1 Å². The molecule has 2 rings (SSSR count). The summed E-state index contributed by atoms with van der Waals surface area (Å²) in [5.41, 5.74) is 8.23. The second kappa shape index (κ2) is 5.23. The molecule has 92 valence electrons. The average molecular weight is 305 g/mol. The highest BCUT2D eigenvalue weighted by Gasteiger charge is 2.08. The predicted molar refractivity (Wildman–Crippen MR) is 77.1 cm³/mol. The Balaban J connectivity index is 2.47. The summed E-state index contributed by atoms with van der Waals surface area (Å²) in [6, 6.07) is 13.6. The zero-order valence-electron chi connectivity index (χ0n) is 9.91. The molecule has 0 spiro atoms. The molecule has 0 bridgehead atoms. The third-order valence-electron chi connectivity index (χ3n) is 2.67. The van der Waals surface area contributed by atoms with Gasteiger partial charge in [-0.15, -0.1) is 0 Å². The van der Waals surface area contributed by atoms with Gasteiger partial charge in [-0.2, -0.15) is 0 Å². The molecule has 2 aromatic rings. The van der Waals surface area contributed by atoms with Crippen molar-refractivity contribution in [3.05, 3.63) is 52.5 Å². The van der Waals surface area contributed by atoms with Crippen LogP contribution in [-0.2, 0) is 0 Å². The van der Waals surface area contributed by atoms with E-state index in [0.717, 1.165) is 15.6 Å². The van der Waals surface area contributed by atoms with Gasteiger partial charge in [-0.1, -0.05) is 34.1 Å². The van der Waals surface area contributed by atoms with E-state index in [0.29, 0.717) is 11.3 Å². The summed E-state index contributed by atoms with van der Waals surface area (Å²) < 4.78 is 6.30. The molecule has 0 aliphatic carbocycles. The molecule has 3 nitrogen and oxygen atoms in total. The Labute approximate surface area is 114 Å². The number of nitrogen functional groups attached to an aromatic ring is 1. The van der Waals surface area contributed by atoms with Crippen molar-refractivity contribution in [1.82, 2.24) is 0 Å². The first kappa shape index (κ1) is 12.6. The van der Waals surface area contributed by atoms with E-state index in [1.165, 1.54) is 0 Å². The van der Waals surface area contributed by atoms with Crippen molar-refractivity contribution in [3.63, 3.8) is 0 Å². The maximum Gasteiger partial charge on any atom is 0.130 e. The molecule has 0 saturated carbocycles. The summed E-state index contributed by atoms with van der Waals surface area (Å²) in [5.74, 6) is 0.622. The summed E-state index contributed by atoms with van der Waals surface area (Å²) >= 11 is 3.41. The number of nitrogens with two attached hydrogens (primary N) is 1. The minimum Gasteiger partial charge on any atom is -0.496 e. The predicted octanol–water partition coefficient (Wildman–Crippen LogP) is 3.41. The Hall–Kier alpha value is -1.81. The van der Waals surface area contributed by atoms with E-state index in [2.05, 4.69) is 15.9 Å². The lowest BCUT2D eigenvalue weighted by atomic mass is 10.0. The van der Waals surface area contributed by atoms with E-state index in [1.54, 1.807) is 13.2 Å². The number of ether oxygens (including phenoxy) is 1. The maximum atomic E-state index is 7.47. The van der Waals surface area contributed by atoms with Crippen LogP contribution in [0, 0.1) is 5.41 Å². The molecular weight excluding hydrogens is 292 g/mol. The zero-order chi connectivity index (χ0) is 13.1. The number of hydrogen-bond donors (Lipinski definition) is 2. The summed E-state index contributed by atoms with van der Waals surface area (Å²) in [6.07, 6.45) is 0. The normalized spacial score (nSPS) is 10.1. The molecule has 3 N–H and O–H groups in total. The molecule has 18 heavy (non-hydrogen) atoms. The molecule has 0 aliphatic heterocycles. The standard InChI is InChI=1S/C14H13BrN2O/c1-18-13-8-10(4-7-12(13)14(16)17)9-2-5-11(15)6-3-9/h2-8H,1H3,(H3,16,17). The number of benzene rings is 2. The summed E-state index contributed by atoms with van der Waals surface area (Å²) in [5, 5.41) is 7.47. The van der Waals surface area contributed by atoms with Crippen molar-refractivity contribution in [2.45, 2.75) is 0 Å². The van der Waals surface area contributed by atoms with Crippen LogP contribution in [0.1, 0.15) is 5.56 Å². The highest BCUT2D eigenvalue weighted by atomic mass is 79.9. The first-order valence-electron chi connectivity index (χ1n) is 5.40. The van der Waals surface area contributed by atoms with Crippen LogP contribution >= 0.6 is 15.9 Å². The van der Waals surface area contributed by atoms with E-state index in [-0.39, 0.29) is 5.84 Å². The molecule has 0 atom stereocenters. The van der Waals surface area contributed by atoms with Crippen molar-refractivity contribution in [2.75, 3.05) is 7.11 Å². The molecule has 2 aromatic carbocycles. The SMILES string of the molecule is COc1cc(-c2ccc(Br)cc2)ccc1C(=N)N. The Morgan fingerprint density at radius 2 is 1.72 bits per heavy atom. The van der Waals surface area contributed by atoms with Gasteiger partial charge in [0.15, 0.2) is 0 Å². The van der Waals surface area contributed by atoms with Gasteiger partial charge in [0.25, 0.3) is 0 Å². The van der Waals surface area contributed by atoms with Crippen molar-refractivity contribution in [1.29, 1.82) is 5.41 Å². The quantitative estimate of drug-likeness (QED) is 0.674. The van der Waals surface area contributed by atoms with Gasteiger partial charge < -0.3 is 10.5 Å². The minimum atomic E-state index is 0.00852. The molecular formula is C14H13BrN2O. The van der Waals surface area contributed by atoms with Gasteiger partial charge in [0.05, 0.1) is 12.7 Å². The largest absolute Gasteiger partial charge is 0.496 e. The van der Waals surface area contributed by atoms with E-state index < -0.39 is 0 Å². The summed E-state index contributed by atoms with van der Waals surface area (Å²) in [6.45, 7) is 0. The second-order valence-corrected chi connectivity index (χ2v) is 4.75. The highest BCUT2D eigenvalue weighted by molar-refractivity contribution is 9.10. The fourth-order valence-electron chi connectivity index (χ4n) is 1.74. The van der Waals surface area contributed by atoms with Crippen molar-refractivity contribution in [2.24, 2.45) is 5.73 Å². The smallest absolute Gasteiger partial charge is 0.130 e. The highest BCUT2D eigenvalue weighted by Crippen LogP contribution is 2.27. The Morgan fingerprint density at radius 3 is 2.28 bits per heavy atom. The number of hydrogen-bond acceptors (Lipinski definition) is 2. The fraction of sp³-hybridized carbons (Fsp3) is 0.0714. The van der Waals surface area contributed by atoms with Crippen LogP contribution in [0.15, 0.2) is 46.9 Å². The zero-order valence-corrected chi connectivity index (χ0v) is 11.5. The lowest BCUT2D eigenvalue weighted by molar-refractivity contribution is 0.414. The molecule has 0 unspecified atom stereocenters. The van der Waals surface area contributed by atoms with Crippen LogP contribution in [-0.4, -0.2) is 12.9 Å². The van der Waals surface area contributed by atoms with Crippen molar-refractivity contribution >= 4 is 21.8 Å². The number of halogens is 1. The van der Waals surface area contributed by atoms with Crippen LogP contribution in [0.4, 0.5) is 0 Å². The maximum absolute atomic E-state index is 7.47. The van der Waals surface area contributed by atoms with Gasteiger partial charge in [0.2, 0.25) is 0 Å². The Kier molecular flexibility index (Phi) is 3.67. The van der Waals surface area contributed by atoms with Crippen LogP contribution in [0.5, 0.6) is 5.75 Å². The first-order valence-corrected chi connectivity index (χ1v) is 6.19. The number of methoxy groups -OCH3 is 1. The van der Waals surface area contributed by atoms with Gasteiger partial charge in [-0.3, -0.25) is 5.41 Å². The van der Waals surface area contributed by atoms with Crippen molar-refractivity contribution in [3.8, 4) is 16.9 Å². The molecule has 0 saturated heterocycles. The molecule has 0 aromatic heterocycles. The van der Waals surface area contributed by atoms with Gasteiger partial charge >= 0.3 is 0 Å². The van der Waals surface area contributed by atoms with Crippen molar-refractivity contribution < 1.29 is 4.74 Å². The van der Waals surface area contributed by atoms with Crippen LogP contribution in [0.2, 0.25) is 0 Å². The van der Waals surface area contributed by atoms with E-state index in [9.17, 15) is 0 Å². The Bertz CT molecular complexity index is 579. The second-order valence-electron chi connectivity index (χ2n) is 3.84. The molecule has 0 amide bonds. The van der Waals surface area contributed by atoms with E-state index in [4.69, 9.17) is 15.9 Å². The lowest BCUT2D eigenvalue weighted by Gasteiger charge is -2.09. The number of amidine groups is 1. The average Bonchev–Trinajstić information content (AvgIpc) is 2.38. The fourth-order valence-corrected chi connectivity index (χ4v) is 2.00. The van der Waals surface area contributed by atoms with Gasteiger partial charge in [0, 0.05) is 4.47 Å². The van der Waals surface area contributed by atoms with Gasteiger partial charge in [-0.25, -0.2) is 0 Å². The van der Waals surface area contributed by atoms with Crippen LogP contribution in [0.3, 0.4) is 0 Å². The van der Waals surface area contributed by atoms with Gasteiger partial charge in [-0.05, 0) is 35.4 Å². The molecule has 0 radical (unpaired) electrons. The lowest BCUT2D eigenvalue weighted by Crippen LogP contribution is -2.12. The van der Waals surface area contributed by atoms with Gasteiger partial charge in [0.1, 0.15) is 11.6 Å². The van der Waals surface area contributed by atoms with Crippen LogP contribution in [0.25, 0.3) is 11.1 Å². The Morgan fingerprint density at radius 1 is 1.11 bits per heavy atom. The molecule has 0 heterocycles. The first-order chi connectivity index (χ1) is 8.61. The summed E-state index contributed by atoms with van der Waals surface area (Å²) in [7, 11) is 1.58. The molecule has 0 fully saturated rings. The third-order valence-corrected chi connectivity index (χ3v) is 3.20. The minimum absolute atomic E-state index is 0.00852. The number of rotatable bonds is 3. The molecule has 0 aliphatic rings. The summed E-state index contributed by atoms with van der Waals surface area (Å²) in [4.78, 5) is 0.